The third-order valence-corrected chi connectivity index (χ3v) is 6.52. The molecule has 1 saturated heterocycles. The van der Waals surface area contributed by atoms with Gasteiger partial charge >= 0.3 is 0 Å². The SMILES string of the molecule is O=[N+]([O-])c1ccc(Cl)c(/C=N/N2CC[NH+](C3c4ccccc4-c4ccccc43)CC2)c1. The van der Waals surface area contributed by atoms with Gasteiger partial charge in [0.25, 0.3) is 5.69 Å². The molecule has 0 atom stereocenters. The first-order chi connectivity index (χ1) is 15.1. The van der Waals surface area contributed by atoms with Crippen molar-refractivity contribution in [2.75, 3.05) is 26.2 Å². The summed E-state index contributed by atoms with van der Waals surface area (Å²) in [7, 11) is 0. The average Bonchev–Trinajstić information content (AvgIpc) is 3.13. The lowest BCUT2D eigenvalue weighted by atomic mass is 10.0. The molecule has 0 amide bonds. The summed E-state index contributed by atoms with van der Waals surface area (Å²) >= 11 is 6.19. The van der Waals surface area contributed by atoms with Crippen LogP contribution in [0, 0.1) is 10.1 Å². The van der Waals surface area contributed by atoms with Gasteiger partial charge in [0, 0.05) is 33.8 Å². The van der Waals surface area contributed by atoms with Crippen LogP contribution in [0.2, 0.25) is 5.02 Å². The largest absolute Gasteiger partial charge is 0.322 e. The zero-order valence-electron chi connectivity index (χ0n) is 16.9. The highest BCUT2D eigenvalue weighted by atomic mass is 35.5. The lowest BCUT2D eigenvalue weighted by Gasteiger charge is -2.34. The van der Waals surface area contributed by atoms with Crippen LogP contribution in [-0.4, -0.2) is 42.3 Å². The summed E-state index contributed by atoms with van der Waals surface area (Å²) in [6.45, 7) is 3.57. The van der Waals surface area contributed by atoms with E-state index >= 15 is 0 Å². The van der Waals surface area contributed by atoms with Crippen LogP contribution in [0.5, 0.6) is 0 Å². The van der Waals surface area contributed by atoms with Crippen molar-refractivity contribution in [2.45, 2.75) is 6.04 Å². The van der Waals surface area contributed by atoms with E-state index in [0.29, 0.717) is 16.6 Å². The highest BCUT2D eigenvalue weighted by Crippen LogP contribution is 2.41. The second-order valence-electron chi connectivity index (χ2n) is 7.93. The number of quaternary nitrogens is 1. The Morgan fingerprint density at radius 3 is 2.23 bits per heavy atom. The molecule has 1 aliphatic heterocycles. The Bertz CT molecular complexity index is 1130. The summed E-state index contributed by atoms with van der Waals surface area (Å²) in [5.41, 5.74) is 6.06. The van der Waals surface area contributed by atoms with E-state index in [1.165, 1.54) is 45.4 Å². The van der Waals surface area contributed by atoms with Crippen molar-refractivity contribution in [3.8, 4) is 11.1 Å². The molecule has 6 nitrogen and oxygen atoms in total. The Kier molecular flexibility index (Phi) is 5.18. The van der Waals surface area contributed by atoms with Crippen molar-refractivity contribution in [1.29, 1.82) is 0 Å². The summed E-state index contributed by atoms with van der Waals surface area (Å²) in [4.78, 5) is 12.1. The van der Waals surface area contributed by atoms with Crippen LogP contribution in [0.3, 0.4) is 0 Å². The number of nitrogens with one attached hydrogen (secondary N) is 1. The van der Waals surface area contributed by atoms with Gasteiger partial charge in [0.05, 0.1) is 37.3 Å². The predicted octanol–water partition coefficient (Wildman–Crippen LogP) is 3.55. The zero-order chi connectivity index (χ0) is 21.4. The lowest BCUT2D eigenvalue weighted by Crippen LogP contribution is -3.14. The number of hydrogen-bond donors (Lipinski definition) is 1. The Hall–Kier alpha value is -3.22. The summed E-state index contributed by atoms with van der Waals surface area (Å²) < 4.78 is 0. The van der Waals surface area contributed by atoms with Gasteiger partial charge in [-0.3, -0.25) is 15.1 Å². The molecule has 3 aromatic rings. The van der Waals surface area contributed by atoms with Gasteiger partial charge in [-0.2, -0.15) is 5.10 Å². The first-order valence-corrected chi connectivity index (χ1v) is 10.8. The first kappa shape index (κ1) is 19.7. The Morgan fingerprint density at radius 1 is 1.00 bits per heavy atom. The standard InChI is InChI=1S/C24H21ClN4O2/c25-23-10-9-18(29(30)31)15-17(23)16-26-28-13-11-27(12-14-28)24-21-7-3-1-5-19(21)20-6-2-4-8-22(20)24/h1-10,15-16,24H,11-14H2/p+1/b26-16+. The van der Waals surface area contributed by atoms with Gasteiger partial charge in [-0.15, -0.1) is 0 Å². The summed E-state index contributed by atoms with van der Waals surface area (Å²) in [5, 5.41) is 18.0. The summed E-state index contributed by atoms with van der Waals surface area (Å²) in [6.07, 6.45) is 1.63. The van der Waals surface area contributed by atoms with Crippen molar-refractivity contribution in [2.24, 2.45) is 5.10 Å². The van der Waals surface area contributed by atoms with Crippen LogP contribution in [0.4, 0.5) is 5.69 Å². The number of nitrogens with zero attached hydrogens (tertiary/aromatic N) is 3. The number of halogens is 1. The number of hydrogen-bond acceptors (Lipinski definition) is 4. The van der Waals surface area contributed by atoms with Crippen LogP contribution in [-0.2, 0) is 0 Å². The maximum absolute atomic E-state index is 11.0. The number of nitro benzene ring substituents is 1. The van der Waals surface area contributed by atoms with Crippen molar-refractivity contribution < 1.29 is 9.82 Å². The molecular formula is C24H22ClN4O2+. The summed E-state index contributed by atoms with van der Waals surface area (Å²) in [5.74, 6) is 0. The van der Waals surface area contributed by atoms with Gasteiger partial charge < -0.3 is 4.90 Å². The van der Waals surface area contributed by atoms with Gasteiger partial charge in [-0.05, 0) is 17.2 Å². The predicted molar refractivity (Wildman–Crippen MR) is 122 cm³/mol. The molecule has 0 unspecified atom stereocenters. The van der Waals surface area contributed by atoms with Gasteiger partial charge in [-0.1, -0.05) is 60.1 Å². The molecule has 2 aliphatic rings. The molecule has 0 spiro atoms. The Balaban J connectivity index is 1.31. The van der Waals surface area contributed by atoms with Gasteiger partial charge in [0.15, 0.2) is 0 Å². The number of rotatable bonds is 4. The minimum Gasteiger partial charge on any atom is -0.322 e. The number of piperazine rings is 1. The van der Waals surface area contributed by atoms with Crippen molar-refractivity contribution in [3.63, 3.8) is 0 Å². The molecule has 1 N–H and O–H groups in total. The molecule has 3 aromatic carbocycles. The molecule has 1 fully saturated rings. The molecule has 1 heterocycles. The van der Waals surface area contributed by atoms with E-state index in [1.54, 1.807) is 6.21 Å². The molecule has 0 saturated carbocycles. The molecule has 31 heavy (non-hydrogen) atoms. The Morgan fingerprint density at radius 2 is 1.61 bits per heavy atom. The van der Waals surface area contributed by atoms with Gasteiger partial charge in [0.2, 0.25) is 0 Å². The van der Waals surface area contributed by atoms with E-state index in [0.717, 1.165) is 26.2 Å². The second-order valence-corrected chi connectivity index (χ2v) is 8.33. The van der Waals surface area contributed by atoms with E-state index in [2.05, 4.69) is 53.6 Å². The number of nitro groups is 1. The molecule has 1 aliphatic carbocycles. The van der Waals surface area contributed by atoms with Crippen LogP contribution in [0.15, 0.2) is 71.8 Å². The smallest absolute Gasteiger partial charge is 0.270 e. The van der Waals surface area contributed by atoms with E-state index in [-0.39, 0.29) is 5.69 Å². The molecule has 156 valence electrons. The number of fused-ring (bicyclic) bond motifs is 3. The Labute approximate surface area is 185 Å². The quantitative estimate of drug-likeness (QED) is 0.389. The third-order valence-electron chi connectivity index (χ3n) is 6.17. The van der Waals surface area contributed by atoms with Crippen LogP contribution in [0.25, 0.3) is 11.1 Å². The zero-order valence-corrected chi connectivity index (χ0v) is 17.6. The van der Waals surface area contributed by atoms with E-state index in [1.807, 2.05) is 5.01 Å². The highest BCUT2D eigenvalue weighted by Gasteiger charge is 2.37. The number of benzene rings is 3. The molecule has 0 aromatic heterocycles. The van der Waals surface area contributed by atoms with E-state index in [9.17, 15) is 10.1 Å². The molecule has 5 rings (SSSR count). The topological polar surface area (TPSA) is 63.2 Å². The fourth-order valence-electron chi connectivity index (χ4n) is 4.67. The third kappa shape index (κ3) is 3.69. The molecular weight excluding hydrogens is 412 g/mol. The number of non-ortho nitro benzene ring substituents is 1. The first-order valence-electron chi connectivity index (χ1n) is 10.4. The minimum absolute atomic E-state index is 0.0127. The average molecular weight is 434 g/mol. The maximum atomic E-state index is 11.0. The maximum Gasteiger partial charge on any atom is 0.270 e. The van der Waals surface area contributed by atoms with Crippen LogP contribution in [0.1, 0.15) is 22.7 Å². The molecule has 0 bridgehead atoms. The monoisotopic (exact) mass is 433 g/mol. The minimum atomic E-state index is -0.424. The molecule has 0 radical (unpaired) electrons. The highest BCUT2D eigenvalue weighted by molar-refractivity contribution is 6.33. The van der Waals surface area contributed by atoms with Crippen molar-refractivity contribution >= 4 is 23.5 Å². The van der Waals surface area contributed by atoms with Crippen molar-refractivity contribution in [3.05, 3.63) is 98.6 Å². The van der Waals surface area contributed by atoms with Crippen LogP contribution < -0.4 is 4.90 Å². The van der Waals surface area contributed by atoms with Gasteiger partial charge in [-0.25, -0.2) is 0 Å². The van der Waals surface area contributed by atoms with Gasteiger partial charge in [0.1, 0.15) is 6.04 Å². The fraction of sp³-hybridized carbons (Fsp3) is 0.208. The van der Waals surface area contributed by atoms with Crippen molar-refractivity contribution in [1.82, 2.24) is 5.01 Å². The van der Waals surface area contributed by atoms with Crippen LogP contribution >= 0.6 is 11.6 Å². The second kappa shape index (κ2) is 8.13. The summed E-state index contributed by atoms with van der Waals surface area (Å²) in [6, 6.07) is 22.2. The molecule has 7 heteroatoms. The van der Waals surface area contributed by atoms with E-state index in [4.69, 9.17) is 11.6 Å². The normalized spacial score (nSPS) is 16.5. The number of hydrazone groups is 1. The fourth-order valence-corrected chi connectivity index (χ4v) is 4.84. The lowest BCUT2D eigenvalue weighted by molar-refractivity contribution is -0.929. The van der Waals surface area contributed by atoms with E-state index < -0.39 is 4.92 Å².